The topological polar surface area (TPSA) is 143 Å². The van der Waals surface area contributed by atoms with Crippen molar-refractivity contribution in [1.82, 2.24) is 30.2 Å². The summed E-state index contributed by atoms with van der Waals surface area (Å²) in [5, 5.41) is 20.6. The molecule has 12 nitrogen and oxygen atoms in total. The van der Waals surface area contributed by atoms with Crippen LogP contribution in [-0.4, -0.2) is 91.6 Å². The number of halogens is 1. The predicted octanol–water partition coefficient (Wildman–Crippen LogP) is -0.797. The van der Waals surface area contributed by atoms with Gasteiger partial charge in [-0.2, -0.15) is 5.10 Å². The monoisotopic (exact) mass is 558 g/mol. The third-order valence-electron chi connectivity index (χ3n) is 6.74. The maximum Gasteiger partial charge on any atom is 0.272 e. The van der Waals surface area contributed by atoms with Gasteiger partial charge in [0, 0.05) is 43.8 Å². The number of nitrogens with one attached hydrogen (secondary N) is 3. The van der Waals surface area contributed by atoms with Gasteiger partial charge in [0.25, 0.3) is 11.8 Å². The number of hydrogen-bond acceptors (Lipinski definition) is 8. The number of methoxy groups -OCH3 is 1. The summed E-state index contributed by atoms with van der Waals surface area (Å²) in [5.41, 5.74) is 1.32. The van der Waals surface area contributed by atoms with Crippen molar-refractivity contribution >= 4 is 58.5 Å². The first-order chi connectivity index (χ1) is 19.4. The number of carbonyl (C=O) groups excluding carboxylic acids is 3. The second kappa shape index (κ2) is 10.9. The number of benzene rings is 1. The summed E-state index contributed by atoms with van der Waals surface area (Å²) in [6, 6.07) is 5.55. The van der Waals surface area contributed by atoms with Gasteiger partial charge in [-0.15, -0.1) is 10.2 Å². The standard InChI is InChI=1S/C25H30B3FN8O4/c1-36-18(24(40)37-6-3-7-37)10-15(35-36)14-8-13(29)9-17(21(14)41-2)30-16-11-19(31-22(38)12-4-5-12)33-34-20(16)23(39)32-25(26,27)28/h8-12H,3-7,26-28H2,1-2H3,(H,32,39)(H2,30,31,33,38). The zero-order valence-corrected chi connectivity index (χ0v) is 23.7. The van der Waals surface area contributed by atoms with Gasteiger partial charge in [0.1, 0.15) is 35.0 Å². The molecule has 0 unspecified atom stereocenters. The third-order valence-corrected chi connectivity index (χ3v) is 6.74. The van der Waals surface area contributed by atoms with Gasteiger partial charge in [-0.3, -0.25) is 19.1 Å². The van der Waals surface area contributed by atoms with Gasteiger partial charge in [-0.05, 0) is 36.6 Å². The van der Waals surface area contributed by atoms with Gasteiger partial charge in [0.05, 0.1) is 24.2 Å². The van der Waals surface area contributed by atoms with Crippen molar-refractivity contribution in [2.75, 3.05) is 30.8 Å². The molecule has 0 spiro atoms. The Balaban J connectivity index is 1.53. The van der Waals surface area contributed by atoms with Crippen LogP contribution in [0.25, 0.3) is 11.3 Å². The quantitative estimate of drug-likeness (QED) is 0.290. The van der Waals surface area contributed by atoms with Gasteiger partial charge in [-0.25, -0.2) is 4.39 Å². The Morgan fingerprint density at radius 2 is 1.80 bits per heavy atom. The number of nitrogens with zero attached hydrogens (tertiary/aromatic N) is 5. The molecule has 1 saturated carbocycles. The molecule has 210 valence electrons. The Bertz CT molecular complexity index is 1540. The van der Waals surface area contributed by atoms with Crippen molar-refractivity contribution in [1.29, 1.82) is 0 Å². The average molecular weight is 558 g/mol. The molecule has 1 saturated heterocycles. The summed E-state index contributed by atoms with van der Waals surface area (Å²) in [5.74, 6) is -1.14. The number of amides is 3. The van der Waals surface area contributed by atoms with Crippen molar-refractivity contribution in [3.05, 3.63) is 41.5 Å². The van der Waals surface area contributed by atoms with E-state index in [1.54, 1.807) is 18.0 Å². The second-order valence-corrected chi connectivity index (χ2v) is 11.3. The lowest BCUT2D eigenvalue weighted by atomic mass is 9.49. The Hall–Kier alpha value is -4.36. The smallest absolute Gasteiger partial charge is 0.272 e. The summed E-state index contributed by atoms with van der Waals surface area (Å²) >= 11 is 0. The zero-order chi connectivity index (χ0) is 29.5. The number of ether oxygens (including phenoxy) is 1. The maximum absolute atomic E-state index is 15.0. The number of carbonyl (C=O) groups is 3. The fourth-order valence-corrected chi connectivity index (χ4v) is 4.41. The molecular weight excluding hydrogens is 528 g/mol. The number of aromatic nitrogens is 4. The lowest BCUT2D eigenvalue weighted by molar-refractivity contribution is -0.117. The van der Waals surface area contributed by atoms with E-state index in [1.807, 2.05) is 23.5 Å². The highest BCUT2D eigenvalue weighted by molar-refractivity contribution is 6.60. The van der Waals surface area contributed by atoms with E-state index < -0.39 is 17.0 Å². The fourth-order valence-electron chi connectivity index (χ4n) is 4.41. The highest BCUT2D eigenvalue weighted by atomic mass is 19.1. The molecule has 2 fully saturated rings. The summed E-state index contributed by atoms with van der Waals surface area (Å²) < 4.78 is 22.2. The molecule has 1 aromatic carbocycles. The summed E-state index contributed by atoms with van der Waals surface area (Å²) in [7, 11) is 8.56. The maximum atomic E-state index is 15.0. The van der Waals surface area contributed by atoms with E-state index in [2.05, 4.69) is 31.2 Å². The molecule has 3 N–H and O–H groups in total. The van der Waals surface area contributed by atoms with E-state index in [-0.39, 0.29) is 46.4 Å². The normalized spacial score (nSPS) is 14.7. The summed E-state index contributed by atoms with van der Waals surface area (Å²) in [6.07, 6.45) is 2.56. The van der Waals surface area contributed by atoms with Crippen molar-refractivity contribution in [3.8, 4) is 17.0 Å². The van der Waals surface area contributed by atoms with Crippen LogP contribution in [0, 0.1) is 11.7 Å². The van der Waals surface area contributed by atoms with Crippen LogP contribution >= 0.6 is 0 Å². The molecule has 41 heavy (non-hydrogen) atoms. The molecule has 16 heteroatoms. The van der Waals surface area contributed by atoms with Gasteiger partial charge >= 0.3 is 0 Å². The van der Waals surface area contributed by atoms with Crippen molar-refractivity contribution in [3.63, 3.8) is 0 Å². The molecule has 1 aliphatic heterocycles. The lowest BCUT2D eigenvalue weighted by Crippen LogP contribution is -2.50. The predicted molar refractivity (Wildman–Crippen MR) is 158 cm³/mol. The molecule has 3 amide bonds. The van der Waals surface area contributed by atoms with Gasteiger partial charge in [0.15, 0.2) is 17.3 Å². The molecule has 0 bridgehead atoms. The first-order valence-corrected chi connectivity index (χ1v) is 13.4. The van der Waals surface area contributed by atoms with E-state index in [9.17, 15) is 14.4 Å². The molecule has 1 aliphatic carbocycles. The van der Waals surface area contributed by atoms with Crippen LogP contribution in [0.3, 0.4) is 0 Å². The van der Waals surface area contributed by atoms with E-state index in [4.69, 9.17) is 4.74 Å². The number of rotatable bonds is 9. The van der Waals surface area contributed by atoms with Crippen molar-refractivity contribution in [2.45, 2.75) is 24.5 Å². The number of anilines is 3. The minimum atomic E-state index is -0.602. The van der Waals surface area contributed by atoms with Crippen LogP contribution in [0.4, 0.5) is 21.6 Å². The highest BCUT2D eigenvalue weighted by Gasteiger charge is 2.31. The van der Waals surface area contributed by atoms with Crippen LogP contribution < -0.4 is 20.7 Å². The highest BCUT2D eigenvalue weighted by Crippen LogP contribution is 2.39. The Morgan fingerprint density at radius 3 is 2.41 bits per heavy atom. The summed E-state index contributed by atoms with van der Waals surface area (Å²) in [6.45, 7) is 1.37. The summed E-state index contributed by atoms with van der Waals surface area (Å²) in [4.78, 5) is 40.0. The molecule has 3 heterocycles. The zero-order valence-electron chi connectivity index (χ0n) is 23.7. The van der Waals surface area contributed by atoms with Crippen LogP contribution in [0.2, 0.25) is 0 Å². The molecule has 2 aliphatic rings. The first-order valence-electron chi connectivity index (χ1n) is 13.4. The number of aryl methyl sites for hydroxylation is 1. The van der Waals surface area contributed by atoms with Gasteiger partial charge in [0.2, 0.25) is 5.91 Å². The van der Waals surface area contributed by atoms with Crippen molar-refractivity contribution in [2.24, 2.45) is 13.0 Å². The third kappa shape index (κ3) is 6.20. The molecular formula is C25H30B3FN8O4. The van der Waals surface area contributed by atoms with Gasteiger partial charge in [-0.1, -0.05) is 0 Å². The fraction of sp³-hybridized carbons (Fsp3) is 0.360. The molecule has 0 radical (unpaired) electrons. The van der Waals surface area contributed by atoms with E-state index in [0.717, 1.165) is 19.3 Å². The first kappa shape index (κ1) is 28.2. The Morgan fingerprint density at radius 1 is 1.07 bits per heavy atom. The lowest BCUT2D eigenvalue weighted by Gasteiger charge is -2.30. The molecule has 3 aromatic rings. The SMILES string of the molecule is BC(B)(B)NC(=O)c1nnc(NC(=O)C2CC2)cc1Nc1cc(F)cc(-c2cc(C(=O)N3CCC3)n(C)n2)c1OC. The Labute approximate surface area is 239 Å². The van der Waals surface area contributed by atoms with E-state index >= 15 is 4.39 Å². The minimum absolute atomic E-state index is 0.0579. The van der Waals surface area contributed by atoms with Crippen LogP contribution in [0.15, 0.2) is 24.3 Å². The minimum Gasteiger partial charge on any atom is -0.494 e. The van der Waals surface area contributed by atoms with Crippen LogP contribution in [0.1, 0.15) is 40.2 Å². The molecule has 5 rings (SSSR count). The molecule has 2 aromatic heterocycles. The second-order valence-electron chi connectivity index (χ2n) is 11.3. The van der Waals surface area contributed by atoms with Gasteiger partial charge < -0.3 is 25.6 Å². The van der Waals surface area contributed by atoms with Crippen molar-refractivity contribution < 1.29 is 23.5 Å². The van der Waals surface area contributed by atoms with E-state index in [0.29, 0.717) is 30.0 Å². The van der Waals surface area contributed by atoms with Crippen LogP contribution in [-0.2, 0) is 11.8 Å². The molecule has 0 atom stereocenters. The van der Waals surface area contributed by atoms with Crippen LogP contribution in [0.5, 0.6) is 5.75 Å². The largest absolute Gasteiger partial charge is 0.494 e. The Kier molecular flexibility index (Phi) is 7.49. The average Bonchev–Trinajstić information content (AvgIpc) is 3.63. The number of likely N-dealkylation sites (tertiary alicyclic amines) is 1. The number of hydrogen-bond donors (Lipinski definition) is 3. The van der Waals surface area contributed by atoms with E-state index in [1.165, 1.54) is 30.0 Å².